The van der Waals surface area contributed by atoms with Crippen molar-refractivity contribution >= 4 is 22.8 Å². The zero-order valence-electron chi connectivity index (χ0n) is 9.41. The van der Waals surface area contributed by atoms with Gasteiger partial charge in [-0.2, -0.15) is 4.99 Å². The Morgan fingerprint density at radius 2 is 1.84 bits per heavy atom. The molecule has 1 heterocycles. The number of hydrogen-bond donors (Lipinski definition) is 3. The van der Waals surface area contributed by atoms with Crippen LogP contribution in [0.2, 0.25) is 0 Å². The van der Waals surface area contributed by atoms with E-state index in [1.165, 1.54) is 0 Å². The van der Waals surface area contributed by atoms with E-state index < -0.39 is 39.9 Å². The fourth-order valence-corrected chi connectivity index (χ4v) is 1.60. The summed E-state index contributed by atoms with van der Waals surface area (Å²) in [6.45, 7) is 0. The number of hydrogen-bond acceptors (Lipinski definition) is 2. The SMILES string of the molecule is NC(N)=NC(=O)c1c[nH]c2c(F)ccc(F)c2c1=O. The highest BCUT2D eigenvalue weighted by molar-refractivity contribution is 6.03. The van der Waals surface area contributed by atoms with E-state index in [0.29, 0.717) is 0 Å². The third-order valence-electron chi connectivity index (χ3n) is 2.40. The van der Waals surface area contributed by atoms with E-state index in [1.807, 2.05) is 0 Å². The Balaban J connectivity index is 2.79. The number of H-pyrrole nitrogens is 1. The van der Waals surface area contributed by atoms with Gasteiger partial charge in [-0.1, -0.05) is 0 Å². The fourth-order valence-electron chi connectivity index (χ4n) is 1.60. The van der Waals surface area contributed by atoms with Gasteiger partial charge in [0.05, 0.1) is 10.9 Å². The Labute approximate surface area is 104 Å². The maximum Gasteiger partial charge on any atom is 0.285 e. The molecule has 0 saturated heterocycles. The largest absolute Gasteiger partial charge is 0.370 e. The van der Waals surface area contributed by atoms with Crippen LogP contribution < -0.4 is 16.9 Å². The van der Waals surface area contributed by atoms with Gasteiger partial charge in [0.1, 0.15) is 17.2 Å². The number of aromatic amines is 1. The molecule has 0 atom stereocenters. The molecule has 0 radical (unpaired) electrons. The van der Waals surface area contributed by atoms with Gasteiger partial charge < -0.3 is 16.5 Å². The molecular weight excluding hydrogens is 258 g/mol. The highest BCUT2D eigenvalue weighted by Crippen LogP contribution is 2.16. The van der Waals surface area contributed by atoms with Gasteiger partial charge in [-0.3, -0.25) is 9.59 Å². The second-order valence-corrected chi connectivity index (χ2v) is 3.65. The molecule has 0 bridgehead atoms. The number of pyridine rings is 1. The summed E-state index contributed by atoms with van der Waals surface area (Å²) in [6, 6.07) is 1.66. The number of amides is 1. The van der Waals surface area contributed by atoms with E-state index in [2.05, 4.69) is 9.98 Å². The number of rotatable bonds is 1. The number of guanidine groups is 1. The van der Waals surface area contributed by atoms with Gasteiger partial charge in [0.15, 0.2) is 5.96 Å². The number of aromatic nitrogens is 1. The number of halogens is 2. The Morgan fingerprint density at radius 1 is 1.21 bits per heavy atom. The van der Waals surface area contributed by atoms with Crippen molar-refractivity contribution in [2.75, 3.05) is 0 Å². The van der Waals surface area contributed by atoms with Gasteiger partial charge in [0.25, 0.3) is 5.91 Å². The summed E-state index contributed by atoms with van der Waals surface area (Å²) in [7, 11) is 0. The molecule has 0 aliphatic rings. The van der Waals surface area contributed by atoms with Crippen molar-refractivity contribution in [1.82, 2.24) is 4.98 Å². The maximum absolute atomic E-state index is 13.5. The summed E-state index contributed by atoms with van der Waals surface area (Å²) in [5.74, 6) is -3.33. The van der Waals surface area contributed by atoms with E-state index in [9.17, 15) is 18.4 Å². The zero-order chi connectivity index (χ0) is 14.2. The third kappa shape index (κ3) is 2.15. The van der Waals surface area contributed by atoms with E-state index in [-0.39, 0.29) is 5.52 Å². The molecule has 1 aromatic carbocycles. The third-order valence-corrected chi connectivity index (χ3v) is 2.40. The molecule has 5 N–H and O–H groups in total. The van der Waals surface area contributed by atoms with Gasteiger partial charge >= 0.3 is 0 Å². The van der Waals surface area contributed by atoms with Crippen molar-refractivity contribution in [3.8, 4) is 0 Å². The summed E-state index contributed by atoms with van der Waals surface area (Å²) in [6.07, 6.45) is 0.933. The molecule has 0 fully saturated rings. The van der Waals surface area contributed by atoms with Gasteiger partial charge in [0.2, 0.25) is 5.43 Å². The molecule has 19 heavy (non-hydrogen) atoms. The Hall–Kier alpha value is -2.77. The monoisotopic (exact) mass is 266 g/mol. The normalized spacial score (nSPS) is 10.4. The zero-order valence-corrected chi connectivity index (χ0v) is 9.41. The summed E-state index contributed by atoms with van der Waals surface area (Å²) < 4.78 is 26.9. The molecular formula is C11H8F2N4O2. The van der Waals surface area contributed by atoms with Gasteiger partial charge in [0, 0.05) is 6.20 Å². The number of carbonyl (C=O) groups excluding carboxylic acids is 1. The molecule has 1 amide bonds. The lowest BCUT2D eigenvalue weighted by Gasteiger charge is -2.02. The minimum absolute atomic E-state index is 0.328. The lowest BCUT2D eigenvalue weighted by atomic mass is 10.1. The standard InChI is InChI=1S/C11H8F2N4O2/c12-5-1-2-6(13)8-7(5)9(18)4(3-16-8)10(19)17-11(14)15/h1-3H,(H,16,18)(H4,14,15,17,19). The average Bonchev–Trinajstić information content (AvgIpc) is 2.32. The van der Waals surface area contributed by atoms with Crippen LogP contribution >= 0.6 is 0 Å². The first-order chi connectivity index (χ1) is 8.91. The summed E-state index contributed by atoms with van der Waals surface area (Å²) >= 11 is 0. The molecule has 0 aliphatic heterocycles. The predicted molar refractivity (Wildman–Crippen MR) is 64.6 cm³/mol. The minimum atomic E-state index is -1.04. The lowest BCUT2D eigenvalue weighted by molar-refractivity contribution is 0.100. The van der Waals surface area contributed by atoms with E-state index in [4.69, 9.17) is 11.5 Å². The second kappa shape index (κ2) is 4.48. The maximum atomic E-state index is 13.5. The number of benzene rings is 1. The second-order valence-electron chi connectivity index (χ2n) is 3.65. The van der Waals surface area contributed by atoms with Crippen LogP contribution in [0.15, 0.2) is 28.1 Å². The molecule has 6 nitrogen and oxygen atoms in total. The van der Waals surface area contributed by atoms with Crippen LogP contribution in [0.3, 0.4) is 0 Å². The topological polar surface area (TPSA) is 114 Å². The van der Waals surface area contributed by atoms with Crippen molar-refractivity contribution in [3.63, 3.8) is 0 Å². The first-order valence-electron chi connectivity index (χ1n) is 5.05. The lowest BCUT2D eigenvalue weighted by Crippen LogP contribution is -2.26. The summed E-state index contributed by atoms with van der Waals surface area (Å²) in [5, 5.41) is -0.559. The average molecular weight is 266 g/mol. The molecule has 98 valence electrons. The molecule has 0 spiro atoms. The van der Waals surface area contributed by atoms with E-state index in [1.54, 1.807) is 0 Å². The highest BCUT2D eigenvalue weighted by Gasteiger charge is 2.17. The molecule has 0 aliphatic carbocycles. The summed E-state index contributed by atoms with van der Waals surface area (Å²) in [4.78, 5) is 29.0. The quantitative estimate of drug-likeness (QED) is 0.506. The Morgan fingerprint density at radius 3 is 2.47 bits per heavy atom. The molecule has 8 heteroatoms. The minimum Gasteiger partial charge on any atom is -0.370 e. The van der Waals surface area contributed by atoms with E-state index >= 15 is 0 Å². The van der Waals surface area contributed by atoms with Gasteiger partial charge in [-0.15, -0.1) is 0 Å². The number of fused-ring (bicyclic) bond motifs is 1. The highest BCUT2D eigenvalue weighted by atomic mass is 19.1. The first-order valence-corrected chi connectivity index (χ1v) is 5.05. The van der Waals surface area contributed by atoms with Crippen molar-refractivity contribution in [1.29, 1.82) is 0 Å². The van der Waals surface area contributed by atoms with Crippen molar-refractivity contribution in [2.24, 2.45) is 16.5 Å². The van der Waals surface area contributed by atoms with Crippen LogP contribution in [0.5, 0.6) is 0 Å². The first kappa shape index (κ1) is 12.7. The van der Waals surface area contributed by atoms with E-state index in [0.717, 1.165) is 18.3 Å². The number of nitrogens with two attached hydrogens (primary N) is 2. The number of carbonyl (C=O) groups is 1. The number of nitrogens with zero attached hydrogens (tertiary/aromatic N) is 1. The summed E-state index contributed by atoms with van der Waals surface area (Å²) in [5.41, 5.74) is 8.22. The Bertz CT molecular complexity index is 763. The van der Waals surface area contributed by atoms with Crippen LogP contribution in [-0.2, 0) is 0 Å². The smallest absolute Gasteiger partial charge is 0.285 e. The van der Waals surface area contributed by atoms with Crippen LogP contribution in [0, 0.1) is 11.6 Å². The molecule has 0 unspecified atom stereocenters. The molecule has 2 rings (SSSR count). The van der Waals surface area contributed by atoms with Crippen LogP contribution in [0.1, 0.15) is 10.4 Å². The molecule has 0 saturated carbocycles. The van der Waals surface area contributed by atoms with Crippen molar-refractivity contribution < 1.29 is 13.6 Å². The fraction of sp³-hybridized carbons (Fsp3) is 0. The van der Waals surface area contributed by atoms with Crippen molar-refractivity contribution in [2.45, 2.75) is 0 Å². The van der Waals surface area contributed by atoms with Gasteiger partial charge in [-0.05, 0) is 12.1 Å². The Kier molecular flexibility index (Phi) is 2.99. The molecule has 2 aromatic rings. The van der Waals surface area contributed by atoms with Crippen LogP contribution in [-0.4, -0.2) is 16.9 Å². The molecule has 1 aromatic heterocycles. The van der Waals surface area contributed by atoms with Crippen LogP contribution in [0.4, 0.5) is 8.78 Å². The van der Waals surface area contributed by atoms with Crippen molar-refractivity contribution in [3.05, 3.63) is 45.8 Å². The van der Waals surface area contributed by atoms with Crippen LogP contribution in [0.25, 0.3) is 10.9 Å². The number of aliphatic imine (C=N–C) groups is 1. The number of nitrogens with one attached hydrogen (secondary N) is 1. The predicted octanol–water partition coefficient (Wildman–Crippen LogP) is 0.220. The van der Waals surface area contributed by atoms with Gasteiger partial charge in [-0.25, -0.2) is 8.78 Å².